The average molecular weight is 443 g/mol. The van der Waals surface area contributed by atoms with E-state index in [4.69, 9.17) is 4.74 Å². The number of imidazole rings is 1. The molecule has 4 rings (SSSR count). The number of halogens is 4. The second-order valence-electron chi connectivity index (χ2n) is 6.01. The van der Waals surface area contributed by atoms with Gasteiger partial charge in [-0.3, -0.25) is 0 Å². The first kappa shape index (κ1) is 17.7. The molecule has 8 heteroatoms. The minimum absolute atomic E-state index is 0.108. The molecule has 2 aromatic heterocycles. The van der Waals surface area contributed by atoms with E-state index in [2.05, 4.69) is 20.9 Å². The number of hydrogen-bond acceptors (Lipinski definition) is 3. The minimum Gasteiger partial charge on any atom is -0.435 e. The van der Waals surface area contributed by atoms with Gasteiger partial charge in [0.15, 0.2) is 0 Å². The van der Waals surface area contributed by atoms with Crippen LogP contribution in [0.4, 0.5) is 13.2 Å². The molecular formula is C18H14BrF3N2OS. The van der Waals surface area contributed by atoms with Gasteiger partial charge in [-0.25, -0.2) is 9.37 Å². The Hall–Kier alpha value is -1.67. The number of fused-ring (bicyclic) bond motifs is 3. The Morgan fingerprint density at radius 2 is 2.12 bits per heavy atom. The number of nitrogens with zero attached hydrogens (tertiary/aromatic N) is 2. The van der Waals surface area contributed by atoms with Crippen LogP contribution in [0.15, 0.2) is 41.0 Å². The molecule has 0 spiro atoms. The van der Waals surface area contributed by atoms with Gasteiger partial charge in [0.2, 0.25) is 0 Å². The zero-order chi connectivity index (χ0) is 18.4. The second-order valence-corrected chi connectivity index (χ2v) is 7.90. The Morgan fingerprint density at radius 3 is 2.85 bits per heavy atom. The molecule has 2 unspecified atom stereocenters. The molecule has 1 aliphatic rings. The molecule has 0 bridgehead atoms. The van der Waals surface area contributed by atoms with Gasteiger partial charge in [0.1, 0.15) is 17.2 Å². The highest BCUT2D eigenvalue weighted by Crippen LogP contribution is 2.51. The predicted molar refractivity (Wildman–Crippen MR) is 98.6 cm³/mol. The number of thioether (sulfide) groups is 1. The summed E-state index contributed by atoms with van der Waals surface area (Å²) in [6.07, 6.45) is 4.35. The first-order chi connectivity index (χ1) is 12.5. The highest BCUT2D eigenvalue weighted by Gasteiger charge is 2.38. The maximum absolute atomic E-state index is 13.9. The van der Waals surface area contributed by atoms with Gasteiger partial charge in [-0.05, 0) is 34.7 Å². The largest absolute Gasteiger partial charge is 0.435 e. The number of para-hydroxylation sites is 1. The SMILES string of the molecule is CSC1CC(c2ccccc2OC(F)F)c2c1nc1cc(F)c(Br)cn21. The van der Waals surface area contributed by atoms with Crippen LogP contribution in [0.5, 0.6) is 5.75 Å². The molecule has 0 saturated carbocycles. The number of benzene rings is 1. The van der Waals surface area contributed by atoms with Crippen molar-refractivity contribution in [3.8, 4) is 5.75 Å². The van der Waals surface area contributed by atoms with Crippen molar-refractivity contribution in [3.63, 3.8) is 0 Å². The minimum atomic E-state index is -2.89. The molecule has 2 atom stereocenters. The van der Waals surface area contributed by atoms with E-state index in [9.17, 15) is 13.2 Å². The van der Waals surface area contributed by atoms with Gasteiger partial charge in [0.05, 0.1) is 15.9 Å². The number of aromatic nitrogens is 2. The van der Waals surface area contributed by atoms with Crippen LogP contribution in [-0.4, -0.2) is 22.3 Å². The van der Waals surface area contributed by atoms with Crippen LogP contribution in [0, 0.1) is 5.82 Å². The molecule has 0 N–H and O–H groups in total. The lowest BCUT2D eigenvalue weighted by Gasteiger charge is -2.17. The smallest absolute Gasteiger partial charge is 0.387 e. The summed E-state index contributed by atoms with van der Waals surface area (Å²) in [5, 5.41) is 0.108. The fourth-order valence-corrected chi connectivity index (χ4v) is 4.65. The number of ether oxygens (including phenoxy) is 1. The summed E-state index contributed by atoms with van der Waals surface area (Å²) < 4.78 is 46.5. The normalized spacial score (nSPS) is 19.3. The number of hydrogen-bond donors (Lipinski definition) is 0. The fraction of sp³-hybridized carbons (Fsp3) is 0.278. The summed E-state index contributed by atoms with van der Waals surface area (Å²) in [6, 6.07) is 8.19. The predicted octanol–water partition coefficient (Wildman–Crippen LogP) is 5.78. The van der Waals surface area contributed by atoms with Crippen LogP contribution in [0.2, 0.25) is 0 Å². The van der Waals surface area contributed by atoms with Crippen LogP contribution in [0.1, 0.15) is 34.5 Å². The first-order valence-corrected chi connectivity index (χ1v) is 10.0. The standard InChI is InChI=1S/C18H14BrF3N2OS/c1-26-14-6-10(9-4-2-3-5-13(9)25-18(21)22)17-16(14)23-15-7-12(20)11(19)8-24(15)17/h2-5,7-8,10,14,18H,6H2,1H3. The van der Waals surface area contributed by atoms with Gasteiger partial charge in [-0.2, -0.15) is 20.5 Å². The van der Waals surface area contributed by atoms with Crippen molar-refractivity contribution in [2.24, 2.45) is 0 Å². The molecule has 136 valence electrons. The van der Waals surface area contributed by atoms with Gasteiger partial charge in [0.25, 0.3) is 0 Å². The lowest BCUT2D eigenvalue weighted by molar-refractivity contribution is -0.0505. The third kappa shape index (κ3) is 2.89. The van der Waals surface area contributed by atoms with Gasteiger partial charge < -0.3 is 9.14 Å². The average Bonchev–Trinajstić information content (AvgIpc) is 3.12. The van der Waals surface area contributed by atoms with E-state index in [0.717, 1.165) is 17.8 Å². The third-order valence-corrected chi connectivity index (χ3v) is 6.18. The highest BCUT2D eigenvalue weighted by atomic mass is 79.9. The van der Waals surface area contributed by atoms with E-state index in [1.807, 2.05) is 10.7 Å². The Morgan fingerprint density at radius 1 is 1.35 bits per heavy atom. The molecule has 1 aliphatic carbocycles. The van der Waals surface area contributed by atoms with E-state index in [-0.39, 0.29) is 22.7 Å². The van der Waals surface area contributed by atoms with Crippen molar-refractivity contribution in [1.82, 2.24) is 9.38 Å². The van der Waals surface area contributed by atoms with E-state index < -0.39 is 6.61 Å². The van der Waals surface area contributed by atoms with Gasteiger partial charge in [-0.1, -0.05) is 18.2 Å². The zero-order valence-corrected chi connectivity index (χ0v) is 16.0. The quantitative estimate of drug-likeness (QED) is 0.512. The van der Waals surface area contributed by atoms with Crippen molar-refractivity contribution in [3.05, 3.63) is 63.8 Å². The molecule has 0 radical (unpaired) electrons. The molecular weight excluding hydrogens is 429 g/mol. The molecule has 26 heavy (non-hydrogen) atoms. The Labute approximate surface area is 160 Å². The third-order valence-electron chi connectivity index (χ3n) is 4.61. The summed E-state index contributed by atoms with van der Waals surface area (Å²) in [6.45, 7) is -2.89. The van der Waals surface area contributed by atoms with Gasteiger partial charge in [-0.15, -0.1) is 0 Å². The lowest BCUT2D eigenvalue weighted by atomic mass is 9.95. The highest BCUT2D eigenvalue weighted by molar-refractivity contribution is 9.10. The maximum atomic E-state index is 13.9. The van der Waals surface area contributed by atoms with Crippen LogP contribution in [0.3, 0.4) is 0 Å². The monoisotopic (exact) mass is 442 g/mol. The molecule has 0 amide bonds. The summed E-state index contributed by atoms with van der Waals surface area (Å²) in [5.74, 6) is -0.388. The van der Waals surface area contributed by atoms with Crippen molar-refractivity contribution < 1.29 is 17.9 Å². The topological polar surface area (TPSA) is 26.5 Å². The summed E-state index contributed by atoms with van der Waals surface area (Å²) >= 11 is 4.86. The zero-order valence-electron chi connectivity index (χ0n) is 13.6. The molecule has 0 aliphatic heterocycles. The number of rotatable bonds is 4. The number of alkyl halides is 2. The summed E-state index contributed by atoms with van der Waals surface area (Å²) in [4.78, 5) is 4.61. The Balaban J connectivity index is 1.91. The molecule has 3 aromatic rings. The van der Waals surface area contributed by atoms with Crippen LogP contribution in [0.25, 0.3) is 5.65 Å². The number of pyridine rings is 1. The summed E-state index contributed by atoms with van der Waals surface area (Å²) in [5.41, 5.74) is 2.96. The van der Waals surface area contributed by atoms with Crippen LogP contribution >= 0.6 is 27.7 Å². The Kier molecular flexibility index (Phi) is 4.64. The lowest BCUT2D eigenvalue weighted by Crippen LogP contribution is -2.08. The van der Waals surface area contributed by atoms with Gasteiger partial charge >= 0.3 is 6.61 Å². The molecule has 2 heterocycles. The Bertz CT molecular complexity index is 978. The van der Waals surface area contributed by atoms with Crippen molar-refractivity contribution in [1.29, 1.82) is 0 Å². The summed E-state index contributed by atoms with van der Waals surface area (Å²) in [7, 11) is 0. The van der Waals surface area contributed by atoms with Crippen molar-refractivity contribution in [2.45, 2.75) is 24.2 Å². The van der Waals surface area contributed by atoms with Crippen molar-refractivity contribution in [2.75, 3.05) is 6.26 Å². The van der Waals surface area contributed by atoms with E-state index >= 15 is 0 Å². The van der Waals surface area contributed by atoms with Crippen molar-refractivity contribution >= 4 is 33.3 Å². The molecule has 1 aromatic carbocycles. The molecule has 3 nitrogen and oxygen atoms in total. The van der Waals surface area contributed by atoms with E-state index in [1.165, 1.54) is 6.07 Å². The fourth-order valence-electron chi connectivity index (χ4n) is 3.55. The van der Waals surface area contributed by atoms with Crippen LogP contribution in [-0.2, 0) is 0 Å². The molecule has 0 fully saturated rings. The second kappa shape index (κ2) is 6.81. The maximum Gasteiger partial charge on any atom is 0.387 e. The van der Waals surface area contributed by atoms with E-state index in [0.29, 0.717) is 15.7 Å². The van der Waals surface area contributed by atoms with Gasteiger partial charge in [0, 0.05) is 29.0 Å². The first-order valence-electron chi connectivity index (χ1n) is 7.93. The molecule has 0 saturated heterocycles. The van der Waals surface area contributed by atoms with Crippen LogP contribution < -0.4 is 4.74 Å². The van der Waals surface area contributed by atoms with E-state index in [1.54, 1.807) is 42.2 Å².